The standard InChI is InChI=1S/C22H33N3O3/c1-16-7-5-6-11-25(16)12-10-23-14-19-8-9-21(22(13-19)26-4)27-15-20-17(2)24-28-18(20)3/h8-9,13,16,23H,5-7,10-12,14-15H2,1-4H3. The van der Waals surface area contributed by atoms with Crippen molar-refractivity contribution in [3.05, 3.63) is 40.8 Å². The largest absolute Gasteiger partial charge is 0.493 e. The molecule has 6 heteroatoms. The van der Waals surface area contributed by atoms with Crippen molar-refractivity contribution in [2.75, 3.05) is 26.7 Å². The van der Waals surface area contributed by atoms with Crippen molar-refractivity contribution in [2.45, 2.75) is 59.2 Å². The monoisotopic (exact) mass is 387 g/mol. The average molecular weight is 388 g/mol. The Morgan fingerprint density at radius 2 is 2.11 bits per heavy atom. The number of nitrogens with zero attached hydrogens (tertiary/aromatic N) is 2. The van der Waals surface area contributed by atoms with E-state index >= 15 is 0 Å². The molecule has 1 saturated heterocycles. The normalized spacial score (nSPS) is 17.6. The van der Waals surface area contributed by atoms with E-state index in [2.05, 4.69) is 28.4 Å². The number of piperidine rings is 1. The Labute approximate surface area is 168 Å². The summed E-state index contributed by atoms with van der Waals surface area (Å²) in [7, 11) is 1.67. The average Bonchev–Trinajstić information content (AvgIpc) is 3.03. The number of likely N-dealkylation sites (tertiary alicyclic amines) is 1. The number of methoxy groups -OCH3 is 1. The Hall–Kier alpha value is -2.05. The van der Waals surface area contributed by atoms with Crippen LogP contribution in [0.2, 0.25) is 0 Å². The summed E-state index contributed by atoms with van der Waals surface area (Å²) in [4.78, 5) is 2.59. The third-order valence-electron chi connectivity index (χ3n) is 5.63. The van der Waals surface area contributed by atoms with E-state index in [4.69, 9.17) is 14.0 Å². The molecule has 1 N–H and O–H groups in total. The molecular formula is C22H33N3O3. The van der Waals surface area contributed by atoms with Crippen molar-refractivity contribution in [1.29, 1.82) is 0 Å². The Kier molecular flexibility index (Phi) is 7.34. The van der Waals surface area contributed by atoms with Crippen LogP contribution in [0.3, 0.4) is 0 Å². The van der Waals surface area contributed by atoms with Gasteiger partial charge in [0.25, 0.3) is 0 Å². The van der Waals surface area contributed by atoms with Gasteiger partial charge in [-0.3, -0.25) is 4.90 Å². The molecule has 1 unspecified atom stereocenters. The second-order valence-corrected chi connectivity index (χ2v) is 7.63. The first kappa shape index (κ1) is 20.7. The SMILES string of the molecule is COc1cc(CNCCN2CCCCC2C)ccc1OCc1c(C)noc1C. The van der Waals surface area contributed by atoms with E-state index in [0.717, 1.165) is 48.2 Å². The first-order chi connectivity index (χ1) is 13.6. The molecule has 0 aliphatic carbocycles. The van der Waals surface area contributed by atoms with Crippen molar-refractivity contribution < 1.29 is 14.0 Å². The molecule has 28 heavy (non-hydrogen) atoms. The molecule has 2 heterocycles. The second kappa shape index (κ2) is 9.94. The first-order valence-corrected chi connectivity index (χ1v) is 10.2. The predicted octanol–water partition coefficient (Wildman–Crippen LogP) is 3.84. The van der Waals surface area contributed by atoms with Gasteiger partial charge in [-0.1, -0.05) is 17.6 Å². The summed E-state index contributed by atoms with van der Waals surface area (Å²) in [5.41, 5.74) is 3.04. The van der Waals surface area contributed by atoms with Crippen LogP contribution in [-0.4, -0.2) is 42.8 Å². The van der Waals surface area contributed by atoms with Crippen LogP contribution < -0.4 is 14.8 Å². The molecule has 0 radical (unpaired) electrons. The highest BCUT2D eigenvalue weighted by atomic mass is 16.5. The third kappa shape index (κ3) is 5.26. The summed E-state index contributed by atoms with van der Waals surface area (Å²) in [6.45, 7) is 10.7. The maximum atomic E-state index is 5.95. The van der Waals surface area contributed by atoms with E-state index in [1.165, 1.54) is 31.4 Å². The summed E-state index contributed by atoms with van der Waals surface area (Å²) in [6, 6.07) is 6.81. The predicted molar refractivity (Wildman–Crippen MR) is 110 cm³/mol. The number of hydrogen-bond donors (Lipinski definition) is 1. The van der Waals surface area contributed by atoms with E-state index in [-0.39, 0.29) is 0 Å². The first-order valence-electron chi connectivity index (χ1n) is 10.2. The van der Waals surface area contributed by atoms with Crippen LogP contribution in [-0.2, 0) is 13.2 Å². The zero-order valence-corrected chi connectivity index (χ0v) is 17.6. The van der Waals surface area contributed by atoms with E-state index in [1.54, 1.807) is 7.11 Å². The smallest absolute Gasteiger partial charge is 0.161 e. The molecule has 2 aromatic rings. The van der Waals surface area contributed by atoms with Crippen LogP contribution in [0.25, 0.3) is 0 Å². The van der Waals surface area contributed by atoms with Crippen LogP contribution in [0, 0.1) is 13.8 Å². The van der Waals surface area contributed by atoms with E-state index < -0.39 is 0 Å². The fourth-order valence-electron chi connectivity index (χ4n) is 3.74. The van der Waals surface area contributed by atoms with Crippen molar-refractivity contribution >= 4 is 0 Å². The lowest BCUT2D eigenvalue weighted by molar-refractivity contribution is 0.161. The van der Waals surface area contributed by atoms with Gasteiger partial charge in [-0.15, -0.1) is 0 Å². The molecule has 1 aliphatic heterocycles. The number of rotatable bonds is 9. The van der Waals surface area contributed by atoms with Crippen LogP contribution >= 0.6 is 0 Å². The molecule has 1 fully saturated rings. The Balaban J connectivity index is 1.49. The van der Waals surface area contributed by atoms with Crippen LogP contribution in [0.1, 0.15) is 48.8 Å². The number of aromatic nitrogens is 1. The van der Waals surface area contributed by atoms with Gasteiger partial charge in [-0.25, -0.2) is 0 Å². The van der Waals surface area contributed by atoms with Crippen molar-refractivity contribution in [1.82, 2.24) is 15.4 Å². The molecule has 3 rings (SSSR count). The van der Waals surface area contributed by atoms with Gasteiger partial charge in [0.15, 0.2) is 11.5 Å². The summed E-state index contributed by atoms with van der Waals surface area (Å²) in [6.07, 6.45) is 4.03. The quantitative estimate of drug-likeness (QED) is 0.660. The molecule has 1 aromatic heterocycles. The molecule has 0 bridgehead atoms. The molecule has 1 aliphatic rings. The zero-order valence-electron chi connectivity index (χ0n) is 17.6. The third-order valence-corrected chi connectivity index (χ3v) is 5.63. The number of nitrogens with one attached hydrogen (secondary N) is 1. The molecule has 6 nitrogen and oxygen atoms in total. The molecule has 0 spiro atoms. The summed E-state index contributed by atoms with van der Waals surface area (Å²) >= 11 is 0. The van der Waals surface area contributed by atoms with E-state index in [1.807, 2.05) is 26.0 Å². The van der Waals surface area contributed by atoms with Crippen LogP contribution in [0.5, 0.6) is 11.5 Å². The number of ether oxygens (including phenoxy) is 2. The fourth-order valence-corrected chi connectivity index (χ4v) is 3.74. The topological polar surface area (TPSA) is 59.8 Å². The lowest BCUT2D eigenvalue weighted by atomic mass is 10.0. The number of hydrogen-bond acceptors (Lipinski definition) is 6. The summed E-state index contributed by atoms with van der Waals surface area (Å²) < 4.78 is 16.7. The Morgan fingerprint density at radius 3 is 2.82 bits per heavy atom. The molecular weight excluding hydrogens is 354 g/mol. The zero-order chi connectivity index (χ0) is 19.9. The summed E-state index contributed by atoms with van der Waals surface area (Å²) in [5, 5.41) is 7.52. The van der Waals surface area contributed by atoms with Gasteiger partial charge in [0, 0.05) is 25.7 Å². The molecule has 1 aromatic carbocycles. The second-order valence-electron chi connectivity index (χ2n) is 7.63. The molecule has 1 atom stereocenters. The van der Waals surface area contributed by atoms with Gasteiger partial charge in [0.2, 0.25) is 0 Å². The van der Waals surface area contributed by atoms with Crippen LogP contribution in [0.4, 0.5) is 0 Å². The summed E-state index contributed by atoms with van der Waals surface area (Å²) in [5.74, 6) is 2.27. The van der Waals surface area contributed by atoms with Gasteiger partial charge in [-0.05, 0) is 57.9 Å². The van der Waals surface area contributed by atoms with Crippen molar-refractivity contribution in [3.63, 3.8) is 0 Å². The van der Waals surface area contributed by atoms with Gasteiger partial charge in [0.1, 0.15) is 12.4 Å². The minimum atomic E-state index is 0.420. The maximum absolute atomic E-state index is 5.95. The fraction of sp³-hybridized carbons (Fsp3) is 0.591. The highest BCUT2D eigenvalue weighted by Gasteiger charge is 2.17. The van der Waals surface area contributed by atoms with Gasteiger partial charge in [0.05, 0.1) is 18.4 Å². The number of benzene rings is 1. The minimum absolute atomic E-state index is 0.420. The highest BCUT2D eigenvalue weighted by Crippen LogP contribution is 2.29. The lowest BCUT2D eigenvalue weighted by Crippen LogP contribution is -2.41. The lowest BCUT2D eigenvalue weighted by Gasteiger charge is -2.33. The van der Waals surface area contributed by atoms with Gasteiger partial charge < -0.3 is 19.3 Å². The van der Waals surface area contributed by atoms with E-state index in [9.17, 15) is 0 Å². The molecule has 0 saturated carbocycles. The Morgan fingerprint density at radius 1 is 1.25 bits per heavy atom. The molecule has 0 amide bonds. The highest BCUT2D eigenvalue weighted by molar-refractivity contribution is 5.43. The molecule has 154 valence electrons. The number of aryl methyl sites for hydroxylation is 2. The van der Waals surface area contributed by atoms with Gasteiger partial charge >= 0.3 is 0 Å². The van der Waals surface area contributed by atoms with Crippen molar-refractivity contribution in [2.24, 2.45) is 0 Å². The maximum Gasteiger partial charge on any atom is 0.161 e. The Bertz CT molecular complexity index is 740. The van der Waals surface area contributed by atoms with Crippen molar-refractivity contribution in [3.8, 4) is 11.5 Å². The van der Waals surface area contributed by atoms with Crippen LogP contribution in [0.15, 0.2) is 22.7 Å². The van der Waals surface area contributed by atoms with E-state index in [0.29, 0.717) is 12.6 Å². The van der Waals surface area contributed by atoms with Gasteiger partial charge in [-0.2, -0.15) is 0 Å². The minimum Gasteiger partial charge on any atom is -0.493 e.